The molecule has 1 aliphatic heterocycles. The van der Waals surface area contributed by atoms with Crippen LogP contribution in [0.25, 0.3) is 0 Å². The van der Waals surface area contributed by atoms with Crippen LogP contribution in [0, 0.1) is 22.7 Å². The van der Waals surface area contributed by atoms with E-state index in [0.717, 1.165) is 28.6 Å². The Kier molecular flexibility index (Phi) is 4.55. The van der Waals surface area contributed by atoms with Crippen LogP contribution >= 0.6 is 0 Å². The second-order valence-electron chi connectivity index (χ2n) is 10.1. The van der Waals surface area contributed by atoms with Crippen molar-refractivity contribution in [2.45, 2.75) is 70.1 Å². The summed E-state index contributed by atoms with van der Waals surface area (Å²) in [5.74, 6) is 3.49. The molecule has 0 N–H and O–H groups in total. The van der Waals surface area contributed by atoms with Crippen LogP contribution in [0.3, 0.4) is 0 Å². The lowest BCUT2D eigenvalue weighted by Gasteiger charge is -2.63. The number of fused-ring (bicyclic) bond motifs is 5. The van der Waals surface area contributed by atoms with Crippen LogP contribution in [-0.4, -0.2) is 24.5 Å². The van der Waals surface area contributed by atoms with Crippen LogP contribution in [-0.2, 0) is 16.6 Å². The molecule has 1 aromatic rings. The third kappa shape index (κ3) is 2.66. The molecule has 0 radical (unpaired) electrons. The standard InChI is InChI=1S/C23H34O3S/c1-21(2)9-7-10-22(3)18(21)8-11-23(4)19(22)14-27(24)17-13-15(25-5)12-16(26-6)20(17)23/h12-13,18-19H,7-11,14H2,1-6H3/t18-,19+,22-,23+,27?/m0/s1. The first-order valence-corrected chi connectivity index (χ1v) is 11.6. The van der Waals surface area contributed by atoms with Crippen molar-refractivity contribution in [1.29, 1.82) is 0 Å². The fourth-order valence-corrected chi connectivity index (χ4v) is 9.19. The topological polar surface area (TPSA) is 41.5 Å². The van der Waals surface area contributed by atoms with E-state index in [2.05, 4.69) is 27.7 Å². The largest absolute Gasteiger partial charge is 0.611 e. The Balaban J connectivity index is 1.88. The van der Waals surface area contributed by atoms with Crippen LogP contribution in [0.5, 0.6) is 11.5 Å². The summed E-state index contributed by atoms with van der Waals surface area (Å²) < 4.78 is 24.7. The average molecular weight is 391 g/mol. The highest BCUT2D eigenvalue weighted by atomic mass is 32.2. The molecular weight excluding hydrogens is 356 g/mol. The van der Waals surface area contributed by atoms with E-state index < -0.39 is 11.2 Å². The zero-order chi connectivity index (χ0) is 19.6. The normalized spacial score (nSPS) is 39.7. The Morgan fingerprint density at radius 1 is 1.00 bits per heavy atom. The maximum Gasteiger partial charge on any atom is 0.163 e. The van der Waals surface area contributed by atoms with Crippen molar-refractivity contribution < 1.29 is 14.0 Å². The molecule has 150 valence electrons. The molecule has 1 aromatic carbocycles. The molecule has 2 fully saturated rings. The molecule has 0 spiro atoms. The van der Waals surface area contributed by atoms with E-state index in [4.69, 9.17) is 9.47 Å². The third-order valence-corrected chi connectivity index (χ3v) is 9.87. The number of methoxy groups -OCH3 is 2. The number of ether oxygens (including phenoxy) is 2. The summed E-state index contributed by atoms with van der Waals surface area (Å²) in [6.45, 7) is 9.82. The summed E-state index contributed by atoms with van der Waals surface area (Å²) in [4.78, 5) is 0.932. The summed E-state index contributed by atoms with van der Waals surface area (Å²) in [7, 11) is 3.38. The van der Waals surface area contributed by atoms with E-state index in [1.165, 1.54) is 31.2 Å². The van der Waals surface area contributed by atoms with E-state index in [-0.39, 0.29) is 10.8 Å². The molecule has 0 bridgehead atoms. The van der Waals surface area contributed by atoms with Crippen molar-refractivity contribution in [3.05, 3.63) is 17.7 Å². The van der Waals surface area contributed by atoms with E-state index in [0.29, 0.717) is 17.3 Å². The van der Waals surface area contributed by atoms with Crippen molar-refractivity contribution in [1.82, 2.24) is 0 Å². The Bertz CT molecular complexity index is 745. The molecule has 27 heavy (non-hydrogen) atoms. The summed E-state index contributed by atoms with van der Waals surface area (Å²) in [5, 5.41) is 0. The van der Waals surface area contributed by atoms with E-state index in [9.17, 15) is 4.55 Å². The van der Waals surface area contributed by atoms with Gasteiger partial charge in [-0.2, -0.15) is 0 Å². The fourth-order valence-electron chi connectivity index (χ4n) is 7.15. The molecular formula is C23H34O3S. The number of hydrogen-bond acceptors (Lipinski definition) is 3. The lowest BCUT2D eigenvalue weighted by atomic mass is 9.43. The summed E-state index contributed by atoms with van der Waals surface area (Å²) >= 11 is -1.01. The molecule has 5 atom stereocenters. The zero-order valence-corrected chi connectivity index (χ0v) is 18.5. The molecule has 1 unspecified atom stereocenters. The molecule has 4 rings (SSSR count). The van der Waals surface area contributed by atoms with Gasteiger partial charge in [0.1, 0.15) is 17.3 Å². The molecule has 3 aliphatic rings. The monoisotopic (exact) mass is 390 g/mol. The highest BCUT2D eigenvalue weighted by molar-refractivity contribution is 7.91. The average Bonchev–Trinajstić information content (AvgIpc) is 2.62. The molecule has 0 amide bonds. The maximum atomic E-state index is 13.4. The maximum absolute atomic E-state index is 13.4. The fraction of sp³-hybridized carbons (Fsp3) is 0.739. The second kappa shape index (κ2) is 6.32. The predicted octanol–water partition coefficient (Wildman–Crippen LogP) is 5.33. The lowest BCUT2D eigenvalue weighted by Crippen LogP contribution is -2.59. The van der Waals surface area contributed by atoms with Gasteiger partial charge in [0.15, 0.2) is 4.90 Å². The zero-order valence-electron chi connectivity index (χ0n) is 17.7. The predicted molar refractivity (Wildman–Crippen MR) is 110 cm³/mol. The van der Waals surface area contributed by atoms with Gasteiger partial charge >= 0.3 is 0 Å². The van der Waals surface area contributed by atoms with Gasteiger partial charge in [-0.25, -0.2) is 0 Å². The third-order valence-electron chi connectivity index (χ3n) is 8.42. The summed E-state index contributed by atoms with van der Waals surface area (Å²) in [6, 6.07) is 3.96. The van der Waals surface area contributed by atoms with Crippen LogP contribution in [0.15, 0.2) is 17.0 Å². The van der Waals surface area contributed by atoms with E-state index >= 15 is 0 Å². The van der Waals surface area contributed by atoms with Gasteiger partial charge in [0.25, 0.3) is 0 Å². The Morgan fingerprint density at radius 3 is 2.41 bits per heavy atom. The van der Waals surface area contributed by atoms with Crippen molar-refractivity contribution >= 4 is 11.2 Å². The van der Waals surface area contributed by atoms with Crippen molar-refractivity contribution in [2.75, 3.05) is 20.0 Å². The first-order chi connectivity index (χ1) is 12.7. The first-order valence-electron chi connectivity index (χ1n) is 10.3. The smallest absolute Gasteiger partial charge is 0.163 e. The van der Waals surface area contributed by atoms with Crippen molar-refractivity contribution in [3.8, 4) is 11.5 Å². The van der Waals surface area contributed by atoms with Gasteiger partial charge in [-0.3, -0.25) is 0 Å². The van der Waals surface area contributed by atoms with Gasteiger partial charge in [-0.1, -0.05) is 34.1 Å². The number of hydrogen-bond donors (Lipinski definition) is 0. The molecule has 4 heteroatoms. The molecule has 2 saturated carbocycles. The van der Waals surface area contributed by atoms with Gasteiger partial charge < -0.3 is 14.0 Å². The van der Waals surface area contributed by atoms with Crippen LogP contribution in [0.2, 0.25) is 0 Å². The highest BCUT2D eigenvalue weighted by Gasteiger charge is 2.63. The molecule has 3 nitrogen and oxygen atoms in total. The van der Waals surface area contributed by atoms with Crippen LogP contribution < -0.4 is 9.47 Å². The Labute approximate surface area is 167 Å². The number of benzene rings is 1. The summed E-state index contributed by atoms with van der Waals surface area (Å²) in [6.07, 6.45) is 6.25. The molecule has 1 heterocycles. The van der Waals surface area contributed by atoms with Gasteiger partial charge in [0, 0.05) is 23.5 Å². The quantitative estimate of drug-likeness (QED) is 0.641. The molecule has 2 aliphatic carbocycles. The first kappa shape index (κ1) is 19.4. The minimum Gasteiger partial charge on any atom is -0.611 e. The van der Waals surface area contributed by atoms with Crippen LogP contribution in [0.1, 0.15) is 65.4 Å². The van der Waals surface area contributed by atoms with E-state index in [1.54, 1.807) is 14.2 Å². The van der Waals surface area contributed by atoms with Crippen molar-refractivity contribution in [2.24, 2.45) is 22.7 Å². The summed E-state index contributed by atoms with van der Waals surface area (Å²) in [5.41, 5.74) is 1.82. The lowest BCUT2D eigenvalue weighted by molar-refractivity contribution is -0.0984. The number of rotatable bonds is 2. The minimum atomic E-state index is -1.01. The van der Waals surface area contributed by atoms with Gasteiger partial charge in [-0.05, 0) is 53.6 Å². The van der Waals surface area contributed by atoms with Gasteiger partial charge in [0.05, 0.1) is 19.8 Å². The van der Waals surface area contributed by atoms with Gasteiger partial charge in [0.2, 0.25) is 0 Å². The highest BCUT2D eigenvalue weighted by Crippen LogP contribution is 2.67. The Morgan fingerprint density at radius 2 is 1.74 bits per heavy atom. The second-order valence-corrected chi connectivity index (χ2v) is 11.6. The van der Waals surface area contributed by atoms with Crippen molar-refractivity contribution in [3.63, 3.8) is 0 Å². The van der Waals surface area contributed by atoms with Crippen LogP contribution in [0.4, 0.5) is 0 Å². The van der Waals surface area contributed by atoms with E-state index in [1.807, 2.05) is 12.1 Å². The molecule has 0 aromatic heterocycles. The SMILES string of the molecule is COc1cc(OC)c2c(c1)[S+]([O-])C[C@@H]1[C@@]3(C)CCCC(C)(C)[C@@H]3CC[C@@]21C. The molecule has 0 saturated heterocycles. The van der Waals surface area contributed by atoms with Gasteiger partial charge in [-0.15, -0.1) is 0 Å². The minimum absolute atomic E-state index is 0.0134. The Hall–Kier alpha value is -0.870.